The highest BCUT2D eigenvalue weighted by Crippen LogP contribution is 2.13. The Balaban J connectivity index is 3.02. The maximum absolute atomic E-state index is 10.7. The number of nitrogens with two attached hydrogens (primary N) is 2. The molecule has 66 valence electrons. The molecule has 0 spiro atoms. The van der Waals surface area contributed by atoms with E-state index in [0.29, 0.717) is 4.73 Å². The van der Waals surface area contributed by atoms with E-state index in [2.05, 4.69) is 26.0 Å². The minimum Gasteiger partial charge on any atom is -0.368 e. The highest BCUT2D eigenvalue weighted by Gasteiger charge is 2.16. The number of primary amides is 1. The third kappa shape index (κ3) is 1.55. The lowest BCUT2D eigenvalue weighted by atomic mass is 10.3. The van der Waals surface area contributed by atoms with Gasteiger partial charge in [0.25, 0.3) is 0 Å². The van der Waals surface area contributed by atoms with Crippen molar-refractivity contribution in [2.45, 2.75) is 13.0 Å². The minimum atomic E-state index is -0.552. The van der Waals surface area contributed by atoms with Crippen LogP contribution in [0.4, 0.5) is 5.95 Å². The zero-order valence-corrected chi connectivity index (χ0v) is 7.95. The highest BCUT2D eigenvalue weighted by molar-refractivity contribution is 9.10. The van der Waals surface area contributed by atoms with Crippen LogP contribution in [0.25, 0.3) is 0 Å². The van der Waals surface area contributed by atoms with Crippen molar-refractivity contribution in [2.75, 3.05) is 5.73 Å². The number of hydrogen-bond donors (Lipinski definition) is 2. The van der Waals surface area contributed by atoms with E-state index in [1.807, 2.05) is 0 Å². The zero-order chi connectivity index (χ0) is 9.30. The zero-order valence-electron chi connectivity index (χ0n) is 6.36. The van der Waals surface area contributed by atoms with Gasteiger partial charge in [0.1, 0.15) is 6.04 Å². The minimum absolute atomic E-state index is 0.106. The monoisotopic (exact) mass is 233 g/mol. The first-order valence-electron chi connectivity index (χ1n) is 3.19. The SMILES string of the molecule is CC(C(N)=O)n1nc(N)nc1Br. The van der Waals surface area contributed by atoms with E-state index in [9.17, 15) is 4.79 Å². The molecule has 0 fully saturated rings. The molecule has 6 nitrogen and oxygen atoms in total. The fourth-order valence-corrected chi connectivity index (χ4v) is 1.25. The predicted octanol–water partition coefficient (Wildman–Crippen LogP) is -0.331. The maximum atomic E-state index is 10.7. The van der Waals surface area contributed by atoms with Gasteiger partial charge in [0.2, 0.25) is 11.9 Å². The van der Waals surface area contributed by atoms with Gasteiger partial charge in [0, 0.05) is 0 Å². The highest BCUT2D eigenvalue weighted by atomic mass is 79.9. The average molecular weight is 234 g/mol. The summed E-state index contributed by atoms with van der Waals surface area (Å²) in [6.07, 6.45) is 0. The second-order valence-electron chi connectivity index (χ2n) is 2.26. The summed E-state index contributed by atoms with van der Waals surface area (Å²) in [6.45, 7) is 1.61. The number of rotatable bonds is 2. The van der Waals surface area contributed by atoms with Crippen LogP contribution in [0.3, 0.4) is 0 Å². The number of halogens is 1. The summed E-state index contributed by atoms with van der Waals surface area (Å²) in [5.41, 5.74) is 10.3. The number of carbonyl (C=O) groups is 1. The molecular formula is C5H8BrN5O. The first kappa shape index (κ1) is 8.98. The molecule has 0 radical (unpaired) electrons. The molecule has 0 saturated heterocycles. The van der Waals surface area contributed by atoms with Crippen molar-refractivity contribution in [1.29, 1.82) is 0 Å². The summed E-state index contributed by atoms with van der Waals surface area (Å²) >= 11 is 3.09. The van der Waals surface area contributed by atoms with Crippen molar-refractivity contribution in [2.24, 2.45) is 5.73 Å². The number of hydrogen-bond acceptors (Lipinski definition) is 4. The number of amides is 1. The van der Waals surface area contributed by atoms with Crippen LogP contribution in [0.15, 0.2) is 4.73 Å². The molecule has 1 aromatic heterocycles. The number of aromatic nitrogens is 3. The Hall–Kier alpha value is -1.11. The lowest BCUT2D eigenvalue weighted by Gasteiger charge is -2.06. The predicted molar refractivity (Wildman–Crippen MR) is 46.0 cm³/mol. The molecule has 1 aromatic rings. The molecule has 0 saturated carbocycles. The maximum Gasteiger partial charge on any atom is 0.242 e. The third-order valence-electron chi connectivity index (χ3n) is 1.38. The Bertz CT molecular complexity index is 309. The Morgan fingerprint density at radius 1 is 1.75 bits per heavy atom. The van der Waals surface area contributed by atoms with Gasteiger partial charge in [-0.15, -0.1) is 5.10 Å². The van der Waals surface area contributed by atoms with Crippen LogP contribution in [-0.4, -0.2) is 20.7 Å². The van der Waals surface area contributed by atoms with Crippen molar-refractivity contribution in [3.63, 3.8) is 0 Å². The lowest BCUT2D eigenvalue weighted by Crippen LogP contribution is -2.25. The van der Waals surface area contributed by atoms with Crippen LogP contribution in [-0.2, 0) is 4.79 Å². The van der Waals surface area contributed by atoms with Gasteiger partial charge in [-0.3, -0.25) is 4.79 Å². The van der Waals surface area contributed by atoms with Crippen LogP contribution in [0.1, 0.15) is 13.0 Å². The van der Waals surface area contributed by atoms with E-state index in [-0.39, 0.29) is 5.95 Å². The standard InChI is InChI=1S/C5H8BrN5O/c1-2(3(7)12)11-4(6)9-5(8)10-11/h2H,1H3,(H2,7,12)(H2,8,10). The van der Waals surface area contributed by atoms with Gasteiger partial charge in [-0.2, -0.15) is 4.98 Å². The summed E-state index contributed by atoms with van der Waals surface area (Å²) in [5, 5.41) is 3.77. The molecule has 0 aliphatic rings. The fraction of sp³-hybridized carbons (Fsp3) is 0.400. The number of nitrogen functional groups attached to an aromatic ring is 1. The first-order chi connectivity index (χ1) is 5.52. The van der Waals surface area contributed by atoms with E-state index in [1.54, 1.807) is 6.92 Å². The summed E-state index contributed by atoms with van der Waals surface area (Å²) < 4.78 is 1.71. The molecule has 0 aliphatic carbocycles. The van der Waals surface area contributed by atoms with Crippen LogP contribution in [0.2, 0.25) is 0 Å². The number of nitrogens with zero attached hydrogens (tertiary/aromatic N) is 3. The molecule has 1 rings (SSSR count). The summed E-state index contributed by atoms with van der Waals surface area (Å²) in [7, 11) is 0. The second kappa shape index (κ2) is 3.10. The fourth-order valence-electron chi connectivity index (χ4n) is 0.687. The van der Waals surface area contributed by atoms with Gasteiger partial charge in [0.05, 0.1) is 0 Å². The van der Waals surface area contributed by atoms with E-state index in [0.717, 1.165) is 0 Å². The van der Waals surface area contributed by atoms with E-state index in [1.165, 1.54) is 4.68 Å². The summed E-state index contributed by atoms with van der Waals surface area (Å²) in [5.74, 6) is -0.379. The second-order valence-corrected chi connectivity index (χ2v) is 2.97. The Morgan fingerprint density at radius 2 is 2.33 bits per heavy atom. The van der Waals surface area contributed by atoms with Crippen molar-refractivity contribution in [3.8, 4) is 0 Å². The van der Waals surface area contributed by atoms with Crippen LogP contribution in [0, 0.1) is 0 Å². The quantitative estimate of drug-likeness (QED) is 0.731. The Kier molecular flexibility index (Phi) is 2.32. The Morgan fingerprint density at radius 3 is 2.67 bits per heavy atom. The smallest absolute Gasteiger partial charge is 0.242 e. The molecule has 12 heavy (non-hydrogen) atoms. The molecule has 0 aliphatic heterocycles. The van der Waals surface area contributed by atoms with Gasteiger partial charge in [0.15, 0.2) is 4.73 Å². The van der Waals surface area contributed by atoms with E-state index >= 15 is 0 Å². The summed E-state index contributed by atoms with van der Waals surface area (Å²) in [6, 6.07) is -0.552. The first-order valence-corrected chi connectivity index (χ1v) is 3.98. The molecule has 7 heteroatoms. The van der Waals surface area contributed by atoms with Gasteiger partial charge >= 0.3 is 0 Å². The topological polar surface area (TPSA) is 99.8 Å². The third-order valence-corrected chi connectivity index (χ3v) is 1.93. The molecular weight excluding hydrogens is 226 g/mol. The summed E-state index contributed by atoms with van der Waals surface area (Å²) in [4.78, 5) is 14.5. The van der Waals surface area contributed by atoms with E-state index in [4.69, 9.17) is 11.5 Å². The normalized spacial score (nSPS) is 12.8. The number of carbonyl (C=O) groups excluding carboxylic acids is 1. The average Bonchev–Trinajstić information content (AvgIpc) is 2.28. The molecule has 0 bridgehead atoms. The van der Waals surface area contributed by atoms with Crippen LogP contribution < -0.4 is 11.5 Å². The van der Waals surface area contributed by atoms with Crippen molar-refractivity contribution in [3.05, 3.63) is 4.73 Å². The largest absolute Gasteiger partial charge is 0.368 e. The van der Waals surface area contributed by atoms with E-state index < -0.39 is 11.9 Å². The molecule has 1 heterocycles. The van der Waals surface area contributed by atoms with Gasteiger partial charge in [-0.25, -0.2) is 4.68 Å². The lowest BCUT2D eigenvalue weighted by molar-refractivity contribution is -0.121. The van der Waals surface area contributed by atoms with Crippen molar-refractivity contribution < 1.29 is 4.79 Å². The van der Waals surface area contributed by atoms with Crippen LogP contribution >= 0.6 is 15.9 Å². The Labute approximate surface area is 77.1 Å². The van der Waals surface area contributed by atoms with Crippen molar-refractivity contribution >= 4 is 27.8 Å². The molecule has 1 amide bonds. The molecule has 4 N–H and O–H groups in total. The van der Waals surface area contributed by atoms with Crippen LogP contribution in [0.5, 0.6) is 0 Å². The van der Waals surface area contributed by atoms with Crippen molar-refractivity contribution in [1.82, 2.24) is 14.8 Å². The van der Waals surface area contributed by atoms with Gasteiger partial charge < -0.3 is 11.5 Å². The molecule has 1 atom stereocenters. The number of anilines is 1. The van der Waals surface area contributed by atoms with Gasteiger partial charge in [-0.1, -0.05) is 0 Å². The molecule has 1 unspecified atom stereocenters. The van der Waals surface area contributed by atoms with Gasteiger partial charge in [-0.05, 0) is 22.9 Å². The molecule has 0 aromatic carbocycles.